The topological polar surface area (TPSA) is 84.4 Å². The molecular weight excluding hydrogens is 318 g/mol. The first-order chi connectivity index (χ1) is 12.0. The summed E-state index contributed by atoms with van der Waals surface area (Å²) in [5.74, 6) is 0. The first-order valence-electron chi connectivity index (χ1n) is 8.68. The van der Waals surface area contributed by atoms with E-state index < -0.39 is 5.60 Å². The zero-order chi connectivity index (χ0) is 17.4. The summed E-state index contributed by atoms with van der Waals surface area (Å²) in [5.41, 5.74) is 1.64. The third kappa shape index (κ3) is 3.03. The van der Waals surface area contributed by atoms with Gasteiger partial charge in [-0.15, -0.1) is 5.10 Å². The second kappa shape index (κ2) is 6.20. The molecule has 25 heavy (non-hydrogen) atoms. The Morgan fingerprint density at radius 1 is 1.32 bits per heavy atom. The van der Waals surface area contributed by atoms with Crippen LogP contribution >= 0.6 is 0 Å². The molecule has 1 N–H and O–H groups in total. The molecule has 1 aliphatic rings. The van der Waals surface area contributed by atoms with Crippen molar-refractivity contribution in [3.8, 4) is 0 Å². The van der Waals surface area contributed by atoms with Crippen molar-refractivity contribution < 1.29 is 5.11 Å². The summed E-state index contributed by atoms with van der Waals surface area (Å²) >= 11 is 0. The summed E-state index contributed by atoms with van der Waals surface area (Å²) in [4.78, 5) is 10.7. The molecule has 3 aromatic heterocycles. The van der Waals surface area contributed by atoms with Gasteiger partial charge in [0.1, 0.15) is 11.3 Å². The van der Waals surface area contributed by atoms with Crippen LogP contribution < -0.4 is 0 Å². The maximum atomic E-state index is 11.2. The Labute approximate surface area is 146 Å². The van der Waals surface area contributed by atoms with Gasteiger partial charge in [-0.05, 0) is 33.2 Å². The standard InChI is InChI=1S/C17H23N7O/c1-13(2)24-11-15(20-21-24)17(25)4-3-6-22(12-17)10-14-8-19-16-9-18-5-7-23(14)16/h5,7-9,11,13,25H,3-4,6,10,12H2,1-2H3/t17-/m0/s1. The van der Waals surface area contributed by atoms with Crippen LogP contribution in [0.4, 0.5) is 0 Å². The van der Waals surface area contributed by atoms with Crippen molar-refractivity contribution in [3.63, 3.8) is 0 Å². The Bertz CT molecular complexity index is 871. The molecule has 8 heteroatoms. The van der Waals surface area contributed by atoms with Gasteiger partial charge in [0.2, 0.25) is 0 Å². The number of likely N-dealkylation sites (tertiary alicyclic amines) is 1. The van der Waals surface area contributed by atoms with Crippen LogP contribution in [0.3, 0.4) is 0 Å². The highest BCUT2D eigenvalue weighted by Gasteiger charge is 2.37. The molecule has 0 amide bonds. The normalized spacial score (nSPS) is 22.1. The SMILES string of the molecule is CC(C)n1cc([C@]2(O)CCCN(Cc3cnc4cnccn34)C2)nn1. The summed E-state index contributed by atoms with van der Waals surface area (Å²) < 4.78 is 3.83. The minimum absolute atomic E-state index is 0.233. The minimum atomic E-state index is -0.951. The lowest BCUT2D eigenvalue weighted by molar-refractivity contribution is -0.0418. The van der Waals surface area contributed by atoms with Gasteiger partial charge in [0.15, 0.2) is 5.65 Å². The van der Waals surface area contributed by atoms with Crippen molar-refractivity contribution in [2.45, 2.75) is 44.9 Å². The van der Waals surface area contributed by atoms with Gasteiger partial charge in [-0.25, -0.2) is 9.67 Å². The van der Waals surface area contributed by atoms with E-state index in [1.165, 1.54) is 0 Å². The van der Waals surface area contributed by atoms with E-state index in [1.807, 2.05) is 23.0 Å². The lowest BCUT2D eigenvalue weighted by Crippen LogP contribution is -2.46. The third-order valence-electron chi connectivity index (χ3n) is 4.85. The number of β-amino-alcohol motifs (C(OH)–C–C–N with tert-alkyl or cyclic N) is 1. The number of piperidine rings is 1. The summed E-state index contributed by atoms with van der Waals surface area (Å²) in [6.07, 6.45) is 10.8. The van der Waals surface area contributed by atoms with E-state index in [9.17, 15) is 5.11 Å². The van der Waals surface area contributed by atoms with Gasteiger partial charge >= 0.3 is 0 Å². The molecule has 1 aliphatic heterocycles. The second-order valence-electron chi connectivity index (χ2n) is 7.08. The van der Waals surface area contributed by atoms with Gasteiger partial charge in [0.05, 0.1) is 24.3 Å². The Balaban J connectivity index is 1.54. The summed E-state index contributed by atoms with van der Waals surface area (Å²) in [7, 11) is 0. The molecule has 4 heterocycles. The molecule has 0 saturated carbocycles. The van der Waals surface area contributed by atoms with E-state index in [0.717, 1.165) is 30.9 Å². The zero-order valence-corrected chi connectivity index (χ0v) is 14.6. The maximum Gasteiger partial charge on any atom is 0.155 e. The molecule has 4 rings (SSSR count). The lowest BCUT2D eigenvalue weighted by atomic mass is 9.90. The average molecular weight is 341 g/mol. The van der Waals surface area contributed by atoms with E-state index in [4.69, 9.17) is 0 Å². The number of aromatic nitrogens is 6. The van der Waals surface area contributed by atoms with Gasteiger partial charge in [0.25, 0.3) is 0 Å². The zero-order valence-electron chi connectivity index (χ0n) is 14.6. The fourth-order valence-corrected chi connectivity index (χ4v) is 3.45. The number of imidazole rings is 1. The summed E-state index contributed by atoms with van der Waals surface area (Å²) in [6.45, 7) is 6.32. The molecule has 0 aliphatic carbocycles. The van der Waals surface area contributed by atoms with Crippen LogP contribution in [0.2, 0.25) is 0 Å². The van der Waals surface area contributed by atoms with Crippen molar-refractivity contribution in [1.82, 2.24) is 34.3 Å². The van der Waals surface area contributed by atoms with Crippen LogP contribution in [0.15, 0.2) is 31.0 Å². The van der Waals surface area contributed by atoms with Crippen molar-refractivity contribution in [1.29, 1.82) is 0 Å². The number of hydrogen-bond acceptors (Lipinski definition) is 6. The summed E-state index contributed by atoms with van der Waals surface area (Å²) in [6, 6.07) is 0.233. The third-order valence-corrected chi connectivity index (χ3v) is 4.85. The van der Waals surface area contributed by atoms with Crippen LogP contribution in [-0.2, 0) is 12.1 Å². The van der Waals surface area contributed by atoms with E-state index in [0.29, 0.717) is 18.7 Å². The number of fused-ring (bicyclic) bond motifs is 1. The van der Waals surface area contributed by atoms with Gasteiger partial charge in [-0.2, -0.15) is 0 Å². The highest BCUT2D eigenvalue weighted by atomic mass is 16.3. The number of aliphatic hydroxyl groups is 1. The quantitative estimate of drug-likeness (QED) is 0.772. The number of nitrogens with zero attached hydrogens (tertiary/aromatic N) is 7. The molecule has 0 unspecified atom stereocenters. The summed E-state index contributed by atoms with van der Waals surface area (Å²) in [5, 5.41) is 19.5. The monoisotopic (exact) mass is 341 g/mol. The van der Waals surface area contributed by atoms with Gasteiger partial charge in [-0.3, -0.25) is 14.3 Å². The molecule has 8 nitrogen and oxygen atoms in total. The van der Waals surface area contributed by atoms with Crippen molar-refractivity contribution in [3.05, 3.63) is 42.4 Å². The molecule has 0 spiro atoms. The van der Waals surface area contributed by atoms with E-state index in [-0.39, 0.29) is 6.04 Å². The van der Waals surface area contributed by atoms with Gasteiger partial charge in [0, 0.05) is 31.5 Å². The largest absolute Gasteiger partial charge is 0.382 e. The second-order valence-corrected chi connectivity index (χ2v) is 7.08. The fourth-order valence-electron chi connectivity index (χ4n) is 3.45. The highest BCUT2D eigenvalue weighted by Crippen LogP contribution is 2.31. The Hall–Kier alpha value is -2.32. The number of hydrogen-bond donors (Lipinski definition) is 1. The Kier molecular flexibility index (Phi) is 4.01. The molecule has 0 radical (unpaired) electrons. The van der Waals surface area contributed by atoms with Crippen molar-refractivity contribution >= 4 is 5.65 Å². The van der Waals surface area contributed by atoms with E-state index in [1.54, 1.807) is 17.1 Å². The van der Waals surface area contributed by atoms with Crippen LogP contribution in [0.25, 0.3) is 5.65 Å². The Morgan fingerprint density at radius 2 is 2.20 bits per heavy atom. The van der Waals surface area contributed by atoms with Crippen LogP contribution in [0, 0.1) is 0 Å². The fraction of sp³-hybridized carbons (Fsp3) is 0.529. The van der Waals surface area contributed by atoms with Crippen molar-refractivity contribution in [2.24, 2.45) is 0 Å². The van der Waals surface area contributed by atoms with Gasteiger partial charge in [-0.1, -0.05) is 5.21 Å². The highest BCUT2D eigenvalue weighted by molar-refractivity contribution is 5.36. The molecule has 3 aromatic rings. The van der Waals surface area contributed by atoms with Crippen LogP contribution in [0.5, 0.6) is 0 Å². The van der Waals surface area contributed by atoms with Crippen molar-refractivity contribution in [2.75, 3.05) is 13.1 Å². The smallest absolute Gasteiger partial charge is 0.155 e. The average Bonchev–Trinajstić information content (AvgIpc) is 3.23. The first-order valence-corrected chi connectivity index (χ1v) is 8.68. The van der Waals surface area contributed by atoms with E-state index >= 15 is 0 Å². The predicted molar refractivity (Wildman–Crippen MR) is 91.8 cm³/mol. The molecular formula is C17H23N7O. The van der Waals surface area contributed by atoms with Gasteiger partial charge < -0.3 is 5.11 Å². The molecule has 1 fully saturated rings. The molecule has 0 aromatic carbocycles. The number of rotatable bonds is 4. The van der Waals surface area contributed by atoms with Crippen LogP contribution in [-0.4, -0.2) is 52.5 Å². The van der Waals surface area contributed by atoms with Crippen LogP contribution in [0.1, 0.15) is 44.1 Å². The lowest BCUT2D eigenvalue weighted by Gasteiger charge is -2.37. The first kappa shape index (κ1) is 16.2. The minimum Gasteiger partial charge on any atom is -0.382 e. The Morgan fingerprint density at radius 3 is 3.00 bits per heavy atom. The molecule has 0 bridgehead atoms. The molecule has 1 atom stereocenters. The molecule has 1 saturated heterocycles. The predicted octanol–water partition coefficient (Wildman–Crippen LogP) is 1.39. The molecule has 132 valence electrons. The van der Waals surface area contributed by atoms with E-state index in [2.05, 4.69) is 39.0 Å². The maximum absolute atomic E-state index is 11.2.